The van der Waals surface area contributed by atoms with Crippen molar-refractivity contribution in [3.05, 3.63) is 59.9 Å². The summed E-state index contributed by atoms with van der Waals surface area (Å²) in [6, 6.07) is 18.5. The van der Waals surface area contributed by atoms with Crippen LogP contribution in [0.2, 0.25) is 0 Å². The van der Waals surface area contributed by atoms with Gasteiger partial charge in [0.05, 0.1) is 0 Å². The number of hydrogen-bond acceptors (Lipinski definition) is 0. The Hall–Kier alpha value is -1.76. The van der Waals surface area contributed by atoms with Crippen molar-refractivity contribution in [3.8, 4) is 11.1 Å². The molecule has 0 saturated carbocycles. The Morgan fingerprint density at radius 3 is 2.14 bits per heavy atom. The van der Waals surface area contributed by atoms with Gasteiger partial charge in [-0.25, -0.2) is 0 Å². The highest BCUT2D eigenvalue weighted by Gasteiger charge is 1.95. The topological polar surface area (TPSA) is 14.1 Å². The molecule has 0 amide bonds. The van der Waals surface area contributed by atoms with Gasteiger partial charge in [0, 0.05) is 0 Å². The van der Waals surface area contributed by atoms with E-state index in [4.69, 9.17) is 0 Å². The zero-order valence-corrected chi connectivity index (χ0v) is 8.14. The van der Waals surface area contributed by atoms with Gasteiger partial charge < -0.3 is 5.32 Å². The Bertz CT molecular complexity index is 407. The van der Waals surface area contributed by atoms with Crippen molar-refractivity contribution < 1.29 is 0 Å². The number of hydrogen-bond donors (Lipinski definition) is 0. The predicted octanol–water partition coefficient (Wildman–Crippen LogP) is 3.99. The highest BCUT2D eigenvalue weighted by molar-refractivity contribution is 5.79. The highest BCUT2D eigenvalue weighted by Crippen LogP contribution is 2.31. The van der Waals surface area contributed by atoms with E-state index < -0.39 is 0 Å². The van der Waals surface area contributed by atoms with E-state index in [9.17, 15) is 0 Å². The van der Waals surface area contributed by atoms with Crippen LogP contribution in [0.15, 0.2) is 54.6 Å². The van der Waals surface area contributed by atoms with Crippen LogP contribution in [0.4, 0.5) is 5.69 Å². The van der Waals surface area contributed by atoms with Gasteiger partial charge in [0.15, 0.2) is 0 Å². The van der Waals surface area contributed by atoms with Crippen molar-refractivity contribution in [2.45, 2.75) is 0 Å². The molecular formula is C13H12N-. The van der Waals surface area contributed by atoms with Gasteiger partial charge in [-0.15, -0.1) is 12.7 Å². The van der Waals surface area contributed by atoms with Crippen molar-refractivity contribution in [2.75, 3.05) is 7.05 Å². The molecule has 0 aromatic heterocycles. The summed E-state index contributed by atoms with van der Waals surface area (Å²) in [6.45, 7) is 0. The Balaban J connectivity index is 2.51. The summed E-state index contributed by atoms with van der Waals surface area (Å²) in [4.78, 5) is 0. The van der Waals surface area contributed by atoms with Crippen LogP contribution in [0.3, 0.4) is 0 Å². The normalized spacial score (nSPS) is 9.79. The maximum atomic E-state index is 4.25. The van der Waals surface area contributed by atoms with Crippen LogP contribution in [0.1, 0.15) is 0 Å². The molecule has 1 nitrogen and oxygen atoms in total. The maximum Gasteiger partial charge on any atom is -0.0196 e. The van der Waals surface area contributed by atoms with E-state index in [1.165, 1.54) is 11.1 Å². The Morgan fingerprint density at radius 2 is 1.43 bits per heavy atom. The zero-order valence-electron chi connectivity index (χ0n) is 8.14. The van der Waals surface area contributed by atoms with Crippen LogP contribution >= 0.6 is 0 Å². The Kier molecular flexibility index (Phi) is 2.50. The van der Waals surface area contributed by atoms with E-state index in [0.29, 0.717) is 0 Å². The minimum atomic E-state index is 1.04. The van der Waals surface area contributed by atoms with Crippen LogP contribution in [0, 0.1) is 0 Å². The highest BCUT2D eigenvalue weighted by atomic mass is 14.8. The maximum absolute atomic E-state index is 4.25. The first-order chi connectivity index (χ1) is 6.92. The molecule has 0 bridgehead atoms. The molecule has 2 aromatic carbocycles. The lowest BCUT2D eigenvalue weighted by molar-refractivity contribution is 1.58. The second kappa shape index (κ2) is 3.97. The van der Waals surface area contributed by atoms with Crippen molar-refractivity contribution in [1.29, 1.82) is 0 Å². The molecule has 0 N–H and O–H groups in total. The van der Waals surface area contributed by atoms with E-state index >= 15 is 0 Å². The van der Waals surface area contributed by atoms with Crippen LogP contribution < -0.4 is 0 Å². The molecule has 0 heterocycles. The zero-order chi connectivity index (χ0) is 9.80. The quantitative estimate of drug-likeness (QED) is 0.666. The molecule has 2 aromatic rings. The standard InChI is InChI=1S/C13H12N/c1-14-13-10-6-5-9-12(13)11-7-3-2-4-8-11/h2-10H,1H3/q-1. The van der Waals surface area contributed by atoms with Gasteiger partial charge in [-0.1, -0.05) is 54.6 Å². The average molecular weight is 182 g/mol. The van der Waals surface area contributed by atoms with Crippen LogP contribution in [-0.2, 0) is 0 Å². The Morgan fingerprint density at radius 1 is 0.786 bits per heavy atom. The molecule has 14 heavy (non-hydrogen) atoms. The number of rotatable bonds is 2. The summed E-state index contributed by atoms with van der Waals surface area (Å²) in [6.07, 6.45) is 0. The van der Waals surface area contributed by atoms with E-state index in [1.807, 2.05) is 43.4 Å². The van der Waals surface area contributed by atoms with E-state index in [-0.39, 0.29) is 0 Å². The van der Waals surface area contributed by atoms with E-state index in [2.05, 4.69) is 23.5 Å². The molecule has 70 valence electrons. The summed E-state index contributed by atoms with van der Waals surface area (Å²) in [5, 5.41) is 4.25. The lowest BCUT2D eigenvalue weighted by Gasteiger charge is -2.19. The van der Waals surface area contributed by atoms with E-state index in [0.717, 1.165) is 5.69 Å². The number of benzene rings is 2. The van der Waals surface area contributed by atoms with Gasteiger partial charge in [0.2, 0.25) is 0 Å². The summed E-state index contributed by atoms with van der Waals surface area (Å²) in [5.74, 6) is 0. The van der Waals surface area contributed by atoms with Crippen LogP contribution in [0.5, 0.6) is 0 Å². The molecule has 0 atom stereocenters. The number of para-hydroxylation sites is 1. The van der Waals surface area contributed by atoms with Gasteiger partial charge >= 0.3 is 0 Å². The van der Waals surface area contributed by atoms with Gasteiger partial charge in [-0.3, -0.25) is 0 Å². The van der Waals surface area contributed by atoms with Crippen molar-refractivity contribution >= 4 is 5.69 Å². The summed E-state index contributed by atoms with van der Waals surface area (Å²) >= 11 is 0. The van der Waals surface area contributed by atoms with Crippen molar-refractivity contribution in [3.63, 3.8) is 0 Å². The Labute approximate surface area is 84.4 Å². The SMILES string of the molecule is C[N-]c1ccccc1-c1ccccc1. The summed E-state index contributed by atoms with van der Waals surface area (Å²) in [7, 11) is 1.82. The van der Waals surface area contributed by atoms with Gasteiger partial charge in [0.25, 0.3) is 0 Å². The van der Waals surface area contributed by atoms with Crippen LogP contribution in [0.25, 0.3) is 16.4 Å². The fourth-order valence-electron chi connectivity index (χ4n) is 1.53. The first kappa shape index (κ1) is 8.82. The molecule has 0 spiro atoms. The lowest BCUT2D eigenvalue weighted by atomic mass is 10.0. The summed E-state index contributed by atoms with van der Waals surface area (Å²) in [5.41, 5.74) is 3.45. The molecule has 0 aliphatic heterocycles. The smallest absolute Gasteiger partial charge is 0.0196 e. The second-order valence-corrected chi connectivity index (χ2v) is 3.11. The van der Waals surface area contributed by atoms with E-state index in [1.54, 1.807) is 0 Å². The first-order valence-electron chi connectivity index (χ1n) is 4.66. The first-order valence-corrected chi connectivity index (χ1v) is 4.66. The fraction of sp³-hybridized carbons (Fsp3) is 0.0769. The third-order valence-corrected chi connectivity index (χ3v) is 2.23. The number of nitrogens with zero attached hydrogens (tertiary/aromatic N) is 1. The van der Waals surface area contributed by atoms with Crippen molar-refractivity contribution in [2.24, 2.45) is 0 Å². The third-order valence-electron chi connectivity index (χ3n) is 2.23. The predicted molar refractivity (Wildman–Crippen MR) is 60.8 cm³/mol. The molecule has 0 aliphatic rings. The molecule has 1 heteroatoms. The minimum absolute atomic E-state index is 1.04. The molecular weight excluding hydrogens is 170 g/mol. The third kappa shape index (κ3) is 1.62. The summed E-state index contributed by atoms with van der Waals surface area (Å²) < 4.78 is 0. The monoisotopic (exact) mass is 182 g/mol. The van der Waals surface area contributed by atoms with Gasteiger partial charge in [0.1, 0.15) is 0 Å². The molecule has 0 radical (unpaired) electrons. The van der Waals surface area contributed by atoms with Gasteiger partial charge in [-0.05, 0) is 11.1 Å². The van der Waals surface area contributed by atoms with Gasteiger partial charge in [-0.2, -0.15) is 0 Å². The molecule has 0 saturated heterocycles. The molecule has 0 unspecified atom stereocenters. The largest absolute Gasteiger partial charge is 0.686 e. The second-order valence-electron chi connectivity index (χ2n) is 3.11. The lowest BCUT2D eigenvalue weighted by Crippen LogP contribution is -1.78. The fourth-order valence-corrected chi connectivity index (χ4v) is 1.53. The molecule has 2 rings (SSSR count). The average Bonchev–Trinajstić information content (AvgIpc) is 2.30. The molecule has 0 aliphatic carbocycles. The van der Waals surface area contributed by atoms with Crippen molar-refractivity contribution in [1.82, 2.24) is 0 Å². The molecule has 0 fully saturated rings. The van der Waals surface area contributed by atoms with Crippen LogP contribution in [-0.4, -0.2) is 7.05 Å². The minimum Gasteiger partial charge on any atom is -0.686 e.